The summed E-state index contributed by atoms with van der Waals surface area (Å²) in [6, 6.07) is 6.40. The molecule has 0 saturated heterocycles. The van der Waals surface area contributed by atoms with Gasteiger partial charge in [0.15, 0.2) is 5.82 Å². The molecule has 0 N–H and O–H groups in total. The zero-order valence-corrected chi connectivity index (χ0v) is 13.2. The molecule has 108 valence electrons. The first-order chi connectivity index (χ1) is 10.2. The molecule has 0 aromatic carbocycles. The highest BCUT2D eigenvalue weighted by atomic mass is 32.1. The van der Waals surface area contributed by atoms with Gasteiger partial charge in [-0.1, -0.05) is 19.9 Å². The van der Waals surface area contributed by atoms with Crippen LogP contribution < -0.4 is 0 Å². The third-order valence-electron chi connectivity index (χ3n) is 3.46. The minimum Gasteiger partial charge on any atom is -0.322 e. The Bertz CT molecular complexity index is 715. The highest BCUT2D eigenvalue weighted by Gasteiger charge is 2.16. The monoisotopic (exact) mass is 298 g/mol. The van der Waals surface area contributed by atoms with Gasteiger partial charge < -0.3 is 4.57 Å². The van der Waals surface area contributed by atoms with Crippen LogP contribution in [0, 0.1) is 0 Å². The van der Waals surface area contributed by atoms with E-state index in [-0.39, 0.29) is 6.04 Å². The Morgan fingerprint density at radius 2 is 1.95 bits per heavy atom. The molecule has 0 aliphatic carbocycles. The molecule has 0 spiro atoms. The maximum atomic E-state index is 4.65. The van der Waals surface area contributed by atoms with Crippen molar-refractivity contribution in [2.24, 2.45) is 0 Å². The standard InChI is InChI=1S/C16H18N4S/c1-11(2)15-17-7-6-13(19-15)16-18-8-9-20(16)12(3)14-5-4-10-21-14/h4-12H,1-3H3. The molecule has 0 radical (unpaired) electrons. The van der Waals surface area contributed by atoms with E-state index >= 15 is 0 Å². The fourth-order valence-electron chi connectivity index (χ4n) is 2.27. The number of aromatic nitrogens is 4. The highest BCUT2D eigenvalue weighted by Crippen LogP contribution is 2.27. The van der Waals surface area contributed by atoms with Gasteiger partial charge in [0.1, 0.15) is 11.5 Å². The summed E-state index contributed by atoms with van der Waals surface area (Å²) < 4.78 is 2.16. The Morgan fingerprint density at radius 1 is 1.10 bits per heavy atom. The number of rotatable bonds is 4. The molecule has 5 heteroatoms. The molecular weight excluding hydrogens is 280 g/mol. The summed E-state index contributed by atoms with van der Waals surface area (Å²) >= 11 is 1.76. The van der Waals surface area contributed by atoms with E-state index in [1.165, 1.54) is 4.88 Å². The van der Waals surface area contributed by atoms with Crippen LogP contribution in [0.4, 0.5) is 0 Å². The zero-order valence-electron chi connectivity index (χ0n) is 12.4. The number of imidazole rings is 1. The van der Waals surface area contributed by atoms with Crippen LogP contribution in [-0.4, -0.2) is 19.5 Å². The van der Waals surface area contributed by atoms with Gasteiger partial charge in [0.25, 0.3) is 0 Å². The van der Waals surface area contributed by atoms with Crippen LogP contribution in [0.1, 0.15) is 43.4 Å². The van der Waals surface area contributed by atoms with Crippen molar-refractivity contribution < 1.29 is 0 Å². The van der Waals surface area contributed by atoms with Crippen molar-refractivity contribution in [3.63, 3.8) is 0 Å². The summed E-state index contributed by atoms with van der Waals surface area (Å²) in [6.45, 7) is 6.38. The van der Waals surface area contributed by atoms with E-state index in [1.54, 1.807) is 11.3 Å². The smallest absolute Gasteiger partial charge is 0.159 e. The van der Waals surface area contributed by atoms with E-state index < -0.39 is 0 Å². The molecule has 21 heavy (non-hydrogen) atoms. The summed E-state index contributed by atoms with van der Waals surface area (Å²) in [5, 5.41) is 2.10. The first-order valence-corrected chi connectivity index (χ1v) is 7.94. The SMILES string of the molecule is CC(C)c1nccc(-c2nccn2C(C)c2cccs2)n1. The molecule has 0 bridgehead atoms. The fraction of sp³-hybridized carbons (Fsp3) is 0.312. The van der Waals surface area contributed by atoms with Crippen LogP contribution in [0.15, 0.2) is 42.2 Å². The van der Waals surface area contributed by atoms with Crippen LogP contribution in [0.5, 0.6) is 0 Å². The quantitative estimate of drug-likeness (QED) is 0.727. The van der Waals surface area contributed by atoms with Gasteiger partial charge >= 0.3 is 0 Å². The van der Waals surface area contributed by atoms with E-state index in [4.69, 9.17) is 0 Å². The summed E-state index contributed by atoms with van der Waals surface area (Å²) in [7, 11) is 0. The molecular formula is C16H18N4S. The van der Waals surface area contributed by atoms with Crippen molar-refractivity contribution in [2.75, 3.05) is 0 Å². The normalized spacial score (nSPS) is 12.8. The van der Waals surface area contributed by atoms with Crippen molar-refractivity contribution in [1.29, 1.82) is 0 Å². The molecule has 3 heterocycles. The topological polar surface area (TPSA) is 43.6 Å². The Balaban J connectivity index is 2.01. The highest BCUT2D eigenvalue weighted by molar-refractivity contribution is 7.10. The Kier molecular flexibility index (Phi) is 3.84. The van der Waals surface area contributed by atoms with Gasteiger partial charge in [-0.05, 0) is 24.4 Å². The van der Waals surface area contributed by atoms with Crippen molar-refractivity contribution in [3.8, 4) is 11.5 Å². The van der Waals surface area contributed by atoms with Crippen LogP contribution in [-0.2, 0) is 0 Å². The van der Waals surface area contributed by atoms with Crippen molar-refractivity contribution in [3.05, 3.63) is 52.9 Å². The van der Waals surface area contributed by atoms with Crippen molar-refractivity contribution in [1.82, 2.24) is 19.5 Å². The molecule has 1 atom stereocenters. The van der Waals surface area contributed by atoms with E-state index in [0.717, 1.165) is 17.3 Å². The lowest BCUT2D eigenvalue weighted by atomic mass is 10.2. The Morgan fingerprint density at radius 3 is 2.67 bits per heavy atom. The van der Waals surface area contributed by atoms with Gasteiger partial charge in [0.05, 0.1) is 6.04 Å². The second kappa shape index (κ2) is 5.77. The summed E-state index contributed by atoms with van der Waals surface area (Å²) in [5.74, 6) is 2.05. The van der Waals surface area contributed by atoms with Crippen molar-refractivity contribution >= 4 is 11.3 Å². The molecule has 0 aliphatic rings. The molecule has 3 aromatic heterocycles. The summed E-state index contributed by atoms with van der Waals surface area (Å²) in [4.78, 5) is 14.8. The van der Waals surface area contributed by atoms with Crippen LogP contribution in [0.2, 0.25) is 0 Å². The Labute approximate surface area is 128 Å². The lowest BCUT2D eigenvalue weighted by Crippen LogP contribution is -2.08. The summed E-state index contributed by atoms with van der Waals surface area (Å²) in [5.41, 5.74) is 0.877. The average molecular weight is 298 g/mol. The lowest BCUT2D eigenvalue weighted by Gasteiger charge is -2.15. The van der Waals surface area contributed by atoms with Crippen LogP contribution >= 0.6 is 11.3 Å². The second-order valence-corrected chi connectivity index (χ2v) is 6.28. The first-order valence-electron chi connectivity index (χ1n) is 7.06. The van der Waals surface area contributed by atoms with Gasteiger partial charge in [-0.15, -0.1) is 11.3 Å². The largest absolute Gasteiger partial charge is 0.322 e. The average Bonchev–Trinajstić information content (AvgIpc) is 3.18. The molecule has 0 saturated carbocycles. The maximum absolute atomic E-state index is 4.65. The fourth-order valence-corrected chi connectivity index (χ4v) is 3.05. The molecule has 1 unspecified atom stereocenters. The predicted molar refractivity (Wildman–Crippen MR) is 85.5 cm³/mol. The van der Waals surface area contributed by atoms with Gasteiger partial charge in [-0.3, -0.25) is 0 Å². The zero-order chi connectivity index (χ0) is 14.8. The third kappa shape index (κ3) is 2.74. The van der Waals surface area contributed by atoms with Crippen LogP contribution in [0.3, 0.4) is 0 Å². The summed E-state index contributed by atoms with van der Waals surface area (Å²) in [6.07, 6.45) is 5.65. The minimum absolute atomic E-state index is 0.250. The maximum Gasteiger partial charge on any atom is 0.159 e. The lowest BCUT2D eigenvalue weighted by molar-refractivity contribution is 0.654. The number of nitrogens with zero attached hydrogens (tertiary/aromatic N) is 4. The van der Waals surface area contributed by atoms with E-state index in [1.807, 2.05) is 24.7 Å². The van der Waals surface area contributed by atoms with Crippen molar-refractivity contribution in [2.45, 2.75) is 32.7 Å². The second-order valence-electron chi connectivity index (χ2n) is 5.30. The molecule has 0 fully saturated rings. The minimum atomic E-state index is 0.250. The predicted octanol–water partition coefficient (Wildman–Crippen LogP) is 4.13. The van der Waals surface area contributed by atoms with E-state index in [9.17, 15) is 0 Å². The van der Waals surface area contributed by atoms with Crippen LogP contribution in [0.25, 0.3) is 11.5 Å². The van der Waals surface area contributed by atoms with Gasteiger partial charge in [0.2, 0.25) is 0 Å². The number of thiophene rings is 1. The van der Waals surface area contributed by atoms with Gasteiger partial charge in [-0.2, -0.15) is 0 Å². The molecule has 3 aromatic rings. The molecule has 3 rings (SSSR count). The van der Waals surface area contributed by atoms with Gasteiger partial charge in [0, 0.05) is 29.4 Å². The Hall–Kier alpha value is -2.01. The third-order valence-corrected chi connectivity index (χ3v) is 4.50. The number of hydrogen-bond acceptors (Lipinski definition) is 4. The van der Waals surface area contributed by atoms with E-state index in [0.29, 0.717) is 5.92 Å². The van der Waals surface area contributed by atoms with Gasteiger partial charge in [-0.25, -0.2) is 15.0 Å². The molecule has 4 nitrogen and oxygen atoms in total. The first kappa shape index (κ1) is 13.9. The molecule has 0 aliphatic heterocycles. The number of hydrogen-bond donors (Lipinski definition) is 0. The van der Waals surface area contributed by atoms with E-state index in [2.05, 4.69) is 57.8 Å². The molecule has 0 amide bonds.